The summed E-state index contributed by atoms with van der Waals surface area (Å²) in [5.41, 5.74) is 2.97. The van der Waals surface area contributed by atoms with Gasteiger partial charge in [-0.05, 0) is 42.8 Å². The summed E-state index contributed by atoms with van der Waals surface area (Å²) in [6.45, 7) is 2.27. The van der Waals surface area contributed by atoms with Crippen LogP contribution in [0.25, 0.3) is 5.69 Å². The monoisotopic (exact) mass is 500 g/mol. The van der Waals surface area contributed by atoms with E-state index in [0.29, 0.717) is 23.1 Å². The highest BCUT2D eigenvalue weighted by Gasteiger charge is 2.31. The van der Waals surface area contributed by atoms with E-state index in [4.69, 9.17) is 0 Å². The summed E-state index contributed by atoms with van der Waals surface area (Å²) in [6.07, 6.45) is -1.60. The summed E-state index contributed by atoms with van der Waals surface area (Å²) < 4.78 is 42.8. The maximum absolute atomic E-state index is 13.0. The van der Waals surface area contributed by atoms with Crippen molar-refractivity contribution in [1.29, 1.82) is 0 Å². The maximum Gasteiger partial charge on any atom is 0.573 e. The molecule has 0 radical (unpaired) electrons. The number of thioether (sulfide) groups is 1. The molecular weight excluding hydrogens is 481 g/mol. The number of carbonyl (C=O) groups is 1. The molecule has 12 heteroatoms. The van der Waals surface area contributed by atoms with Gasteiger partial charge >= 0.3 is 6.36 Å². The van der Waals surface area contributed by atoms with Crippen LogP contribution in [0.1, 0.15) is 27.3 Å². The van der Waals surface area contributed by atoms with Gasteiger partial charge < -0.3 is 10.1 Å². The molecule has 0 aliphatic rings. The average molecular weight is 501 g/mol. The molecule has 1 amide bonds. The summed E-state index contributed by atoms with van der Waals surface area (Å²) in [7, 11) is 0. The highest BCUT2D eigenvalue weighted by Crippen LogP contribution is 2.26. The van der Waals surface area contributed by atoms with E-state index in [9.17, 15) is 18.0 Å². The number of hydrogen-bond donors (Lipinski definition) is 1. The van der Waals surface area contributed by atoms with Crippen molar-refractivity contribution < 1.29 is 22.7 Å². The van der Waals surface area contributed by atoms with Gasteiger partial charge in [0.2, 0.25) is 0 Å². The molecule has 4 aromatic rings. The number of halogens is 3. The van der Waals surface area contributed by atoms with Crippen LogP contribution >= 0.6 is 11.8 Å². The van der Waals surface area contributed by atoms with Crippen LogP contribution in [0.5, 0.6) is 5.75 Å². The van der Waals surface area contributed by atoms with Crippen molar-refractivity contribution in [1.82, 2.24) is 30.3 Å². The van der Waals surface area contributed by atoms with E-state index in [1.165, 1.54) is 40.7 Å². The predicted octanol–water partition coefficient (Wildman–Crippen LogP) is 4.49. The molecule has 4 rings (SSSR count). The molecule has 0 aliphatic heterocycles. The van der Waals surface area contributed by atoms with E-state index in [1.54, 1.807) is 18.5 Å². The van der Waals surface area contributed by atoms with Gasteiger partial charge in [0, 0.05) is 24.7 Å². The lowest BCUT2D eigenvalue weighted by molar-refractivity contribution is -0.274. The van der Waals surface area contributed by atoms with E-state index in [0.717, 1.165) is 11.1 Å². The van der Waals surface area contributed by atoms with Gasteiger partial charge in [0.15, 0.2) is 10.9 Å². The molecule has 1 N–H and O–H groups in total. The summed E-state index contributed by atoms with van der Waals surface area (Å²) in [5, 5.41) is 11.4. The van der Waals surface area contributed by atoms with Crippen LogP contribution in [0.4, 0.5) is 13.2 Å². The zero-order valence-corrected chi connectivity index (χ0v) is 19.2. The number of carbonyl (C=O) groups excluding carboxylic acids is 1. The van der Waals surface area contributed by atoms with E-state index in [2.05, 4.69) is 30.3 Å². The first-order chi connectivity index (χ1) is 16.8. The molecule has 0 bridgehead atoms. The number of ether oxygens (including phenoxy) is 1. The number of amides is 1. The van der Waals surface area contributed by atoms with Crippen molar-refractivity contribution in [2.75, 3.05) is 0 Å². The molecule has 8 nitrogen and oxygen atoms in total. The molecular formula is C23H19F3N6O2S. The topological polar surface area (TPSA) is 94.8 Å². The van der Waals surface area contributed by atoms with E-state index in [-0.39, 0.29) is 17.2 Å². The van der Waals surface area contributed by atoms with E-state index >= 15 is 0 Å². The zero-order chi connectivity index (χ0) is 24.8. The fourth-order valence-corrected chi connectivity index (χ4v) is 3.86. The second-order valence-electron chi connectivity index (χ2n) is 7.33. The van der Waals surface area contributed by atoms with Gasteiger partial charge in [0.25, 0.3) is 5.91 Å². The van der Waals surface area contributed by atoms with Crippen LogP contribution in [0.2, 0.25) is 0 Å². The van der Waals surface area contributed by atoms with Gasteiger partial charge in [-0.25, -0.2) is 14.6 Å². The Morgan fingerprint density at radius 1 is 1.06 bits per heavy atom. The minimum atomic E-state index is -4.80. The largest absolute Gasteiger partial charge is 0.573 e. The number of alkyl halides is 3. The first kappa shape index (κ1) is 24.2. The van der Waals surface area contributed by atoms with Crippen LogP contribution in [0.3, 0.4) is 0 Å². The van der Waals surface area contributed by atoms with Crippen LogP contribution in [0.15, 0.2) is 72.1 Å². The van der Waals surface area contributed by atoms with Gasteiger partial charge in [-0.2, -0.15) is 0 Å². The molecule has 0 spiro atoms. The summed E-state index contributed by atoms with van der Waals surface area (Å²) >= 11 is 1.27. The molecule has 0 unspecified atom stereocenters. The van der Waals surface area contributed by atoms with Crippen LogP contribution in [-0.2, 0) is 12.3 Å². The molecule has 0 aliphatic carbocycles. The van der Waals surface area contributed by atoms with Gasteiger partial charge in [-0.15, -0.1) is 18.3 Å². The Kier molecular flexibility index (Phi) is 7.30. The quantitative estimate of drug-likeness (QED) is 0.281. The first-order valence-corrected chi connectivity index (χ1v) is 11.3. The van der Waals surface area contributed by atoms with E-state index in [1.807, 2.05) is 31.2 Å². The molecule has 0 saturated carbocycles. The Bertz CT molecular complexity index is 1280. The molecule has 0 saturated heterocycles. The van der Waals surface area contributed by atoms with Gasteiger partial charge in [0.1, 0.15) is 5.75 Å². The number of hydrogen-bond acceptors (Lipinski definition) is 7. The van der Waals surface area contributed by atoms with Crippen molar-refractivity contribution in [3.63, 3.8) is 0 Å². The Balaban J connectivity index is 1.58. The number of nitrogens with one attached hydrogen (secondary N) is 1. The Hall–Kier alpha value is -3.93. The number of benzene rings is 2. The van der Waals surface area contributed by atoms with Gasteiger partial charge in [-0.1, -0.05) is 46.8 Å². The molecule has 0 fully saturated rings. The van der Waals surface area contributed by atoms with Crippen molar-refractivity contribution >= 4 is 17.7 Å². The Morgan fingerprint density at radius 3 is 2.40 bits per heavy atom. The highest BCUT2D eigenvalue weighted by atomic mass is 32.2. The van der Waals surface area contributed by atoms with Crippen molar-refractivity contribution in [3.8, 4) is 11.4 Å². The minimum absolute atomic E-state index is 0.0937. The lowest BCUT2D eigenvalue weighted by atomic mass is 10.1. The molecule has 0 atom stereocenters. The summed E-state index contributed by atoms with van der Waals surface area (Å²) in [6, 6.07) is 14.6. The molecule has 2 aromatic heterocycles. The summed E-state index contributed by atoms with van der Waals surface area (Å²) in [4.78, 5) is 21.3. The predicted molar refractivity (Wildman–Crippen MR) is 122 cm³/mol. The number of aryl methyl sites for hydroxylation is 1. The third-order valence-electron chi connectivity index (χ3n) is 4.75. The van der Waals surface area contributed by atoms with Crippen molar-refractivity contribution in [2.45, 2.75) is 30.7 Å². The average Bonchev–Trinajstić information content (AvgIpc) is 3.26. The van der Waals surface area contributed by atoms with Crippen molar-refractivity contribution in [3.05, 3.63) is 89.5 Å². The van der Waals surface area contributed by atoms with Gasteiger partial charge in [0.05, 0.1) is 11.4 Å². The Morgan fingerprint density at radius 2 is 1.74 bits per heavy atom. The number of nitrogens with zero attached hydrogens (tertiary/aromatic N) is 5. The molecule has 2 aromatic carbocycles. The smallest absolute Gasteiger partial charge is 0.406 e. The van der Waals surface area contributed by atoms with E-state index < -0.39 is 12.3 Å². The fraction of sp³-hybridized carbons (Fsp3) is 0.174. The zero-order valence-electron chi connectivity index (χ0n) is 18.4. The Labute approximate surface area is 202 Å². The maximum atomic E-state index is 13.0. The second-order valence-corrected chi connectivity index (χ2v) is 8.27. The second kappa shape index (κ2) is 10.6. The highest BCUT2D eigenvalue weighted by molar-refractivity contribution is 7.98. The molecule has 35 heavy (non-hydrogen) atoms. The van der Waals surface area contributed by atoms with Gasteiger partial charge in [-0.3, -0.25) is 4.79 Å². The van der Waals surface area contributed by atoms with Crippen LogP contribution < -0.4 is 10.1 Å². The third kappa shape index (κ3) is 6.57. The van der Waals surface area contributed by atoms with Crippen LogP contribution in [0, 0.1) is 6.92 Å². The number of rotatable bonds is 8. The lowest BCUT2D eigenvalue weighted by Gasteiger charge is -2.11. The SMILES string of the molecule is Cc1ccc(CNC(=O)c2nnn(-c3ccc(OC(F)(F)F)cc3)c2CSc2ncccn2)cc1. The summed E-state index contributed by atoms with van der Waals surface area (Å²) in [5.74, 6) is -0.560. The minimum Gasteiger partial charge on any atom is -0.406 e. The van der Waals surface area contributed by atoms with Crippen LogP contribution in [-0.4, -0.2) is 37.2 Å². The molecule has 2 heterocycles. The lowest BCUT2D eigenvalue weighted by Crippen LogP contribution is -2.24. The standard InChI is InChI=1S/C23H19F3N6O2S/c1-15-3-5-16(6-4-15)13-29-21(33)20-19(14-35-22-27-11-2-12-28-22)32(31-30-20)17-7-9-18(10-8-17)34-23(24,25)26/h2-12H,13-14H2,1H3,(H,29,33). The molecule has 180 valence electrons. The normalized spacial score (nSPS) is 11.3. The fourth-order valence-electron chi connectivity index (χ4n) is 3.07. The first-order valence-electron chi connectivity index (χ1n) is 10.3. The third-order valence-corrected chi connectivity index (χ3v) is 5.63. The van der Waals surface area contributed by atoms with Crippen molar-refractivity contribution in [2.24, 2.45) is 0 Å². The number of aromatic nitrogens is 5.